The highest BCUT2D eigenvalue weighted by Gasteiger charge is 2.31. The number of nitrogens with zero attached hydrogens (tertiary/aromatic N) is 2. The van der Waals surface area contributed by atoms with E-state index >= 15 is 0 Å². The fraction of sp³-hybridized carbons (Fsp3) is 0.258. The van der Waals surface area contributed by atoms with Crippen molar-refractivity contribution < 1.29 is 9.53 Å². The van der Waals surface area contributed by atoms with Gasteiger partial charge in [-0.05, 0) is 29.0 Å². The second kappa shape index (κ2) is 10.7. The molecule has 4 nitrogen and oxygen atoms in total. The molecule has 1 saturated heterocycles. The molecule has 0 bridgehead atoms. The molecule has 0 N–H and O–H groups in total. The van der Waals surface area contributed by atoms with Crippen LogP contribution < -0.4 is 4.74 Å². The lowest BCUT2D eigenvalue weighted by Gasteiger charge is -2.40. The molecule has 35 heavy (non-hydrogen) atoms. The molecular weight excluding hydrogens is 432 g/mol. The summed E-state index contributed by atoms with van der Waals surface area (Å²) in [6, 6.07) is 35.6. The highest BCUT2D eigenvalue weighted by Crippen LogP contribution is 2.30. The van der Waals surface area contributed by atoms with Crippen molar-refractivity contribution in [3.63, 3.8) is 0 Å². The van der Waals surface area contributed by atoms with Crippen LogP contribution in [-0.2, 0) is 4.79 Å². The third-order valence-corrected chi connectivity index (χ3v) is 6.89. The SMILES string of the molecule is CC[C@H](Oc1cccc2ccccc12)C(=O)N1CCN(C(c2ccccc2)c2ccccc2)CC1. The maximum Gasteiger partial charge on any atom is 0.263 e. The topological polar surface area (TPSA) is 32.8 Å². The Balaban J connectivity index is 1.29. The van der Waals surface area contributed by atoms with Gasteiger partial charge in [0.25, 0.3) is 5.91 Å². The molecule has 1 fully saturated rings. The fourth-order valence-corrected chi connectivity index (χ4v) is 5.05. The molecule has 1 aliphatic rings. The monoisotopic (exact) mass is 464 g/mol. The van der Waals surface area contributed by atoms with Gasteiger partial charge in [0, 0.05) is 31.6 Å². The summed E-state index contributed by atoms with van der Waals surface area (Å²) in [7, 11) is 0. The van der Waals surface area contributed by atoms with E-state index in [1.54, 1.807) is 0 Å². The number of benzene rings is 4. The van der Waals surface area contributed by atoms with Crippen LogP contribution in [0.2, 0.25) is 0 Å². The zero-order chi connectivity index (χ0) is 24.0. The zero-order valence-corrected chi connectivity index (χ0v) is 20.2. The Bertz CT molecular complexity index is 1210. The second-order valence-corrected chi connectivity index (χ2v) is 9.08. The first kappa shape index (κ1) is 23.1. The lowest BCUT2D eigenvalue weighted by molar-refractivity contribution is -0.140. The van der Waals surface area contributed by atoms with Gasteiger partial charge in [0.05, 0.1) is 6.04 Å². The number of hydrogen-bond acceptors (Lipinski definition) is 3. The molecule has 1 amide bonds. The lowest BCUT2D eigenvalue weighted by Crippen LogP contribution is -2.53. The summed E-state index contributed by atoms with van der Waals surface area (Å²) < 4.78 is 6.30. The number of hydrogen-bond donors (Lipinski definition) is 0. The summed E-state index contributed by atoms with van der Waals surface area (Å²) >= 11 is 0. The summed E-state index contributed by atoms with van der Waals surface area (Å²) in [6.07, 6.45) is 0.158. The molecule has 1 atom stereocenters. The van der Waals surface area contributed by atoms with Crippen molar-refractivity contribution in [1.82, 2.24) is 9.80 Å². The fourth-order valence-electron chi connectivity index (χ4n) is 5.05. The summed E-state index contributed by atoms with van der Waals surface area (Å²) in [5.74, 6) is 0.853. The van der Waals surface area contributed by atoms with Crippen LogP contribution in [0.4, 0.5) is 0 Å². The highest BCUT2D eigenvalue weighted by atomic mass is 16.5. The van der Waals surface area contributed by atoms with Gasteiger partial charge in [-0.25, -0.2) is 0 Å². The van der Waals surface area contributed by atoms with Crippen molar-refractivity contribution in [3.8, 4) is 5.75 Å². The molecule has 0 radical (unpaired) electrons. The number of carbonyl (C=O) groups excluding carboxylic acids is 1. The molecular formula is C31H32N2O2. The summed E-state index contributed by atoms with van der Waals surface area (Å²) in [4.78, 5) is 17.9. The van der Waals surface area contributed by atoms with Gasteiger partial charge >= 0.3 is 0 Å². The van der Waals surface area contributed by atoms with E-state index in [0.717, 1.165) is 29.6 Å². The van der Waals surface area contributed by atoms with E-state index in [9.17, 15) is 4.79 Å². The lowest BCUT2D eigenvalue weighted by atomic mass is 9.96. The van der Waals surface area contributed by atoms with Gasteiger partial charge < -0.3 is 9.64 Å². The maximum atomic E-state index is 13.5. The minimum Gasteiger partial charge on any atom is -0.480 e. The number of piperazine rings is 1. The van der Waals surface area contributed by atoms with Crippen LogP contribution in [0.25, 0.3) is 10.8 Å². The Kier molecular flexibility index (Phi) is 7.10. The van der Waals surface area contributed by atoms with E-state index in [0.29, 0.717) is 19.5 Å². The Morgan fingerprint density at radius 1 is 0.743 bits per heavy atom. The number of rotatable bonds is 7. The molecule has 178 valence electrons. The average Bonchev–Trinajstić information content (AvgIpc) is 2.93. The molecule has 0 spiro atoms. The Morgan fingerprint density at radius 3 is 1.94 bits per heavy atom. The van der Waals surface area contributed by atoms with Crippen LogP contribution in [0.5, 0.6) is 5.75 Å². The van der Waals surface area contributed by atoms with Crippen LogP contribution in [0.3, 0.4) is 0 Å². The number of carbonyl (C=O) groups is 1. The van der Waals surface area contributed by atoms with Crippen LogP contribution in [0.15, 0.2) is 103 Å². The van der Waals surface area contributed by atoms with Gasteiger partial charge in [-0.2, -0.15) is 0 Å². The van der Waals surface area contributed by atoms with Crippen LogP contribution in [0, 0.1) is 0 Å². The number of amides is 1. The summed E-state index contributed by atoms with van der Waals surface area (Å²) in [6.45, 7) is 5.06. The second-order valence-electron chi connectivity index (χ2n) is 9.08. The average molecular weight is 465 g/mol. The molecule has 0 saturated carbocycles. The van der Waals surface area contributed by atoms with Gasteiger partial charge in [-0.1, -0.05) is 104 Å². The normalized spacial score (nSPS) is 15.3. The smallest absolute Gasteiger partial charge is 0.263 e. The van der Waals surface area contributed by atoms with E-state index in [-0.39, 0.29) is 11.9 Å². The molecule has 4 aromatic rings. The molecule has 5 rings (SSSR count). The third-order valence-electron chi connectivity index (χ3n) is 6.89. The van der Waals surface area contributed by atoms with E-state index in [2.05, 4.69) is 77.7 Å². The summed E-state index contributed by atoms with van der Waals surface area (Å²) in [5, 5.41) is 2.16. The van der Waals surface area contributed by atoms with Crippen molar-refractivity contribution in [2.24, 2.45) is 0 Å². The molecule has 1 heterocycles. The van der Waals surface area contributed by atoms with Crippen LogP contribution in [-0.4, -0.2) is 48.0 Å². The molecule has 4 heteroatoms. The molecule has 4 aromatic carbocycles. The first-order chi connectivity index (χ1) is 17.2. The van der Waals surface area contributed by atoms with E-state index in [1.807, 2.05) is 42.2 Å². The van der Waals surface area contributed by atoms with Crippen LogP contribution >= 0.6 is 0 Å². The van der Waals surface area contributed by atoms with Crippen molar-refractivity contribution in [2.75, 3.05) is 26.2 Å². The Labute approximate surface area is 207 Å². The van der Waals surface area contributed by atoms with Gasteiger partial charge in [-0.3, -0.25) is 9.69 Å². The van der Waals surface area contributed by atoms with E-state index < -0.39 is 6.10 Å². The van der Waals surface area contributed by atoms with Crippen molar-refractivity contribution >= 4 is 16.7 Å². The first-order valence-corrected chi connectivity index (χ1v) is 12.5. The van der Waals surface area contributed by atoms with Crippen LogP contribution in [0.1, 0.15) is 30.5 Å². The Morgan fingerprint density at radius 2 is 1.31 bits per heavy atom. The van der Waals surface area contributed by atoms with Gasteiger partial charge in [0.2, 0.25) is 0 Å². The van der Waals surface area contributed by atoms with Crippen molar-refractivity contribution in [3.05, 3.63) is 114 Å². The Hall–Kier alpha value is -3.63. The molecule has 0 unspecified atom stereocenters. The summed E-state index contributed by atoms with van der Waals surface area (Å²) in [5.41, 5.74) is 2.56. The van der Waals surface area contributed by atoms with Gasteiger partial charge in [0.15, 0.2) is 6.10 Å². The minimum absolute atomic E-state index is 0.0797. The molecule has 1 aliphatic heterocycles. The van der Waals surface area contributed by atoms with E-state index in [4.69, 9.17) is 4.74 Å². The zero-order valence-electron chi connectivity index (χ0n) is 20.2. The highest BCUT2D eigenvalue weighted by molar-refractivity contribution is 5.89. The van der Waals surface area contributed by atoms with Crippen molar-refractivity contribution in [2.45, 2.75) is 25.5 Å². The predicted molar refractivity (Wildman–Crippen MR) is 142 cm³/mol. The third kappa shape index (κ3) is 5.08. The van der Waals surface area contributed by atoms with Gasteiger partial charge in [0.1, 0.15) is 5.75 Å². The molecule has 0 aliphatic carbocycles. The maximum absolute atomic E-state index is 13.5. The van der Waals surface area contributed by atoms with Crippen molar-refractivity contribution in [1.29, 1.82) is 0 Å². The quantitative estimate of drug-likeness (QED) is 0.340. The van der Waals surface area contributed by atoms with Gasteiger partial charge in [-0.15, -0.1) is 0 Å². The standard InChI is InChI=1S/C31H32N2O2/c1-2-28(35-29-19-11-17-24-12-9-10-18-27(24)29)31(34)33-22-20-32(21-23-33)30(25-13-5-3-6-14-25)26-15-7-4-8-16-26/h3-19,28,30H,2,20-23H2,1H3/t28-/m0/s1. The largest absolute Gasteiger partial charge is 0.480 e. The predicted octanol–water partition coefficient (Wildman–Crippen LogP) is 5.93. The first-order valence-electron chi connectivity index (χ1n) is 12.5. The van der Waals surface area contributed by atoms with E-state index in [1.165, 1.54) is 11.1 Å². The number of fused-ring (bicyclic) bond motifs is 1. The molecule has 0 aromatic heterocycles. The minimum atomic E-state index is -0.480. The number of ether oxygens (including phenoxy) is 1.